The summed E-state index contributed by atoms with van der Waals surface area (Å²) < 4.78 is 29.7. The number of methoxy groups -OCH3 is 1. The van der Waals surface area contributed by atoms with Crippen LogP contribution in [0.5, 0.6) is 5.75 Å². The maximum atomic E-state index is 12.3. The van der Waals surface area contributed by atoms with Gasteiger partial charge in [-0.05, 0) is 42.8 Å². The van der Waals surface area contributed by atoms with Crippen LogP contribution in [0.1, 0.15) is 20.1 Å². The number of sulfone groups is 1. The Balaban J connectivity index is 2.30. The summed E-state index contributed by atoms with van der Waals surface area (Å²) in [5.74, 6) is -0.681. The Morgan fingerprint density at radius 1 is 1.29 bits per heavy atom. The van der Waals surface area contributed by atoms with E-state index in [0.717, 1.165) is 11.3 Å². The van der Waals surface area contributed by atoms with E-state index >= 15 is 0 Å². The van der Waals surface area contributed by atoms with E-state index in [-0.39, 0.29) is 15.5 Å². The molecule has 0 fully saturated rings. The van der Waals surface area contributed by atoms with E-state index < -0.39 is 15.8 Å². The van der Waals surface area contributed by atoms with Gasteiger partial charge in [0.15, 0.2) is 9.84 Å². The topological polar surface area (TPSA) is 80.7 Å². The Hall–Kier alpha value is -1.86. The molecule has 1 aromatic heterocycles. The molecule has 112 valence electrons. The Morgan fingerprint density at radius 2 is 1.90 bits per heavy atom. The normalized spacial score (nSPS) is 11.3. The molecular weight excluding hydrogens is 312 g/mol. The zero-order valence-electron chi connectivity index (χ0n) is 11.5. The van der Waals surface area contributed by atoms with Crippen molar-refractivity contribution >= 4 is 27.1 Å². The maximum absolute atomic E-state index is 12.3. The van der Waals surface area contributed by atoms with Crippen molar-refractivity contribution in [2.75, 3.05) is 7.11 Å². The summed E-state index contributed by atoms with van der Waals surface area (Å²) in [6.45, 7) is 1.72. The van der Waals surface area contributed by atoms with Gasteiger partial charge in [0, 0.05) is 4.88 Å². The third kappa shape index (κ3) is 3.43. The van der Waals surface area contributed by atoms with Crippen LogP contribution in [-0.2, 0) is 15.6 Å². The molecule has 0 amide bonds. The van der Waals surface area contributed by atoms with Gasteiger partial charge in [-0.1, -0.05) is 0 Å². The molecule has 0 saturated carbocycles. The van der Waals surface area contributed by atoms with Crippen molar-refractivity contribution in [1.82, 2.24) is 0 Å². The Kier molecular flexibility index (Phi) is 4.34. The number of carboxylic acids is 1. The molecule has 0 atom stereocenters. The predicted molar refractivity (Wildman–Crippen MR) is 79.9 cm³/mol. The number of carboxylic acid groups (broad SMARTS) is 1. The molecular formula is C14H14O5S2. The first-order chi connectivity index (χ1) is 9.83. The molecule has 0 radical (unpaired) electrons. The van der Waals surface area contributed by atoms with Gasteiger partial charge < -0.3 is 9.84 Å². The second kappa shape index (κ2) is 5.87. The number of ether oxygens (including phenoxy) is 1. The molecule has 0 aliphatic heterocycles. The van der Waals surface area contributed by atoms with Gasteiger partial charge in [-0.25, -0.2) is 13.2 Å². The number of carbonyl (C=O) groups is 1. The molecule has 1 heterocycles. The van der Waals surface area contributed by atoms with Gasteiger partial charge in [-0.15, -0.1) is 11.3 Å². The number of aryl methyl sites for hydroxylation is 1. The zero-order valence-corrected chi connectivity index (χ0v) is 13.1. The van der Waals surface area contributed by atoms with Crippen molar-refractivity contribution in [3.8, 4) is 5.75 Å². The summed E-state index contributed by atoms with van der Waals surface area (Å²) in [4.78, 5) is 11.9. The van der Waals surface area contributed by atoms with E-state index in [9.17, 15) is 13.2 Å². The third-order valence-corrected chi connectivity index (χ3v) is 5.76. The van der Waals surface area contributed by atoms with Crippen molar-refractivity contribution in [2.24, 2.45) is 0 Å². The first-order valence-corrected chi connectivity index (χ1v) is 8.50. The number of rotatable bonds is 5. The number of hydrogen-bond donors (Lipinski definition) is 1. The summed E-state index contributed by atoms with van der Waals surface area (Å²) in [5, 5.41) is 8.94. The number of benzene rings is 1. The van der Waals surface area contributed by atoms with E-state index in [4.69, 9.17) is 9.84 Å². The largest absolute Gasteiger partial charge is 0.497 e. The molecule has 0 bridgehead atoms. The standard InChI is InChI=1S/C14H14O5S2/c1-9-10(7-13(20-9)14(15)16)8-21(17,18)12-5-3-11(19-2)4-6-12/h3-7H,8H2,1-2H3,(H,15,16). The van der Waals surface area contributed by atoms with Crippen LogP contribution >= 0.6 is 11.3 Å². The van der Waals surface area contributed by atoms with Crippen LogP contribution in [0, 0.1) is 6.92 Å². The Bertz CT molecular complexity index is 757. The molecule has 2 rings (SSSR count). The fourth-order valence-corrected chi connectivity index (χ4v) is 4.24. The minimum Gasteiger partial charge on any atom is -0.497 e. The van der Waals surface area contributed by atoms with E-state index in [0.29, 0.717) is 16.2 Å². The third-order valence-electron chi connectivity index (χ3n) is 3.00. The lowest BCUT2D eigenvalue weighted by atomic mass is 10.3. The monoisotopic (exact) mass is 326 g/mol. The van der Waals surface area contributed by atoms with Crippen LogP contribution in [0.3, 0.4) is 0 Å². The van der Waals surface area contributed by atoms with Crippen molar-refractivity contribution in [1.29, 1.82) is 0 Å². The van der Waals surface area contributed by atoms with Gasteiger partial charge in [0.2, 0.25) is 0 Å². The molecule has 21 heavy (non-hydrogen) atoms. The van der Waals surface area contributed by atoms with E-state index in [1.54, 1.807) is 19.1 Å². The lowest BCUT2D eigenvalue weighted by Crippen LogP contribution is -2.05. The maximum Gasteiger partial charge on any atom is 0.345 e. The van der Waals surface area contributed by atoms with Crippen molar-refractivity contribution in [3.05, 3.63) is 45.6 Å². The molecule has 0 aliphatic carbocycles. The van der Waals surface area contributed by atoms with Gasteiger partial charge in [0.25, 0.3) is 0 Å². The smallest absolute Gasteiger partial charge is 0.345 e. The first-order valence-electron chi connectivity index (χ1n) is 6.03. The van der Waals surface area contributed by atoms with E-state index in [1.165, 1.54) is 25.3 Å². The molecule has 5 nitrogen and oxygen atoms in total. The first kappa shape index (κ1) is 15.5. The van der Waals surface area contributed by atoms with Gasteiger partial charge in [-0.3, -0.25) is 0 Å². The molecule has 7 heteroatoms. The molecule has 0 unspecified atom stereocenters. The van der Waals surface area contributed by atoms with Crippen LogP contribution < -0.4 is 4.74 Å². The fraction of sp³-hybridized carbons (Fsp3) is 0.214. The highest BCUT2D eigenvalue weighted by molar-refractivity contribution is 7.90. The predicted octanol–water partition coefficient (Wildman–Crippen LogP) is 2.74. The van der Waals surface area contributed by atoms with Crippen LogP contribution in [-0.4, -0.2) is 26.6 Å². The lowest BCUT2D eigenvalue weighted by molar-refractivity contribution is 0.0702. The second-order valence-electron chi connectivity index (χ2n) is 4.43. The second-order valence-corrected chi connectivity index (χ2v) is 7.68. The summed E-state index contributed by atoms with van der Waals surface area (Å²) in [7, 11) is -2.01. The van der Waals surface area contributed by atoms with E-state index in [2.05, 4.69) is 0 Å². The highest BCUT2D eigenvalue weighted by Crippen LogP contribution is 2.26. The van der Waals surface area contributed by atoms with Gasteiger partial charge >= 0.3 is 5.97 Å². The summed E-state index contributed by atoms with van der Waals surface area (Å²) in [6.07, 6.45) is 0. The minimum absolute atomic E-state index is 0.146. The van der Waals surface area contributed by atoms with Gasteiger partial charge in [-0.2, -0.15) is 0 Å². The summed E-state index contributed by atoms with van der Waals surface area (Å²) >= 11 is 1.08. The molecule has 1 N–H and O–H groups in total. The van der Waals surface area contributed by atoms with Crippen LogP contribution in [0.2, 0.25) is 0 Å². The van der Waals surface area contributed by atoms with E-state index in [1.807, 2.05) is 0 Å². The zero-order chi connectivity index (χ0) is 15.6. The SMILES string of the molecule is COc1ccc(S(=O)(=O)Cc2cc(C(=O)O)sc2C)cc1. The van der Waals surface area contributed by atoms with Crippen molar-refractivity contribution < 1.29 is 23.1 Å². The Labute approximate surface area is 126 Å². The van der Waals surface area contributed by atoms with Crippen LogP contribution in [0.25, 0.3) is 0 Å². The lowest BCUT2D eigenvalue weighted by Gasteiger charge is -2.05. The highest BCUT2D eigenvalue weighted by Gasteiger charge is 2.19. The highest BCUT2D eigenvalue weighted by atomic mass is 32.2. The molecule has 1 aromatic carbocycles. The molecule has 2 aromatic rings. The van der Waals surface area contributed by atoms with Crippen LogP contribution in [0.15, 0.2) is 35.2 Å². The van der Waals surface area contributed by atoms with Crippen molar-refractivity contribution in [3.63, 3.8) is 0 Å². The molecule has 0 aliphatic rings. The molecule has 0 saturated heterocycles. The summed E-state index contributed by atoms with van der Waals surface area (Å²) in [5.41, 5.74) is 0.521. The number of thiophene rings is 1. The Morgan fingerprint density at radius 3 is 2.38 bits per heavy atom. The van der Waals surface area contributed by atoms with Crippen LogP contribution in [0.4, 0.5) is 0 Å². The fourth-order valence-electron chi connectivity index (χ4n) is 1.84. The minimum atomic E-state index is -3.52. The molecule has 0 spiro atoms. The van der Waals surface area contributed by atoms with Gasteiger partial charge in [0.1, 0.15) is 10.6 Å². The number of hydrogen-bond acceptors (Lipinski definition) is 5. The van der Waals surface area contributed by atoms with Gasteiger partial charge in [0.05, 0.1) is 17.8 Å². The number of aromatic carboxylic acids is 1. The van der Waals surface area contributed by atoms with Crippen molar-refractivity contribution in [2.45, 2.75) is 17.6 Å². The average molecular weight is 326 g/mol. The quantitative estimate of drug-likeness (QED) is 0.914. The summed E-state index contributed by atoms with van der Waals surface area (Å²) in [6, 6.07) is 7.54. The average Bonchev–Trinajstić information content (AvgIpc) is 2.80.